The zero-order chi connectivity index (χ0) is 5.98. The molecule has 1 fully saturated rings. The van der Waals surface area contributed by atoms with Crippen LogP contribution < -0.4 is 0 Å². The lowest BCUT2D eigenvalue weighted by Crippen LogP contribution is -2.14. The normalized spacial score (nSPS) is 31.5. The molecule has 0 aromatic carbocycles. The quantitative estimate of drug-likeness (QED) is 0.524. The van der Waals surface area contributed by atoms with E-state index in [1.54, 1.807) is 0 Å². The van der Waals surface area contributed by atoms with Gasteiger partial charge in [-0.3, -0.25) is 4.84 Å². The van der Waals surface area contributed by atoms with Crippen LogP contribution >= 0.6 is 12.6 Å². The molecule has 1 unspecified atom stereocenters. The van der Waals surface area contributed by atoms with Crippen molar-refractivity contribution in [3.8, 4) is 0 Å². The zero-order valence-electron chi connectivity index (χ0n) is 5.00. The van der Waals surface area contributed by atoms with Gasteiger partial charge < -0.3 is 0 Å². The monoisotopic (exact) mass is 133 g/mol. The van der Waals surface area contributed by atoms with E-state index < -0.39 is 0 Å². The Morgan fingerprint density at radius 2 is 2.62 bits per heavy atom. The van der Waals surface area contributed by atoms with Gasteiger partial charge in [0.15, 0.2) is 0 Å². The van der Waals surface area contributed by atoms with Gasteiger partial charge in [0.05, 0.1) is 6.10 Å². The number of thiol groups is 1. The molecule has 0 N–H and O–H groups in total. The first kappa shape index (κ1) is 6.39. The van der Waals surface area contributed by atoms with Crippen LogP contribution in [0.1, 0.15) is 6.42 Å². The predicted octanol–water partition coefficient (Wildman–Crippen LogP) is 0.552. The molecule has 0 spiro atoms. The third kappa shape index (κ3) is 1.37. The molecule has 0 amide bonds. The first-order valence-corrected chi connectivity index (χ1v) is 3.45. The molecule has 0 saturated carbocycles. The standard InChI is InChI=1S/C5H11NOS/c1-6-3-2-5(4-8)7-6/h5,8H,2-4H2,1H3. The van der Waals surface area contributed by atoms with Crippen molar-refractivity contribution in [2.45, 2.75) is 12.5 Å². The molecule has 0 aliphatic carbocycles. The van der Waals surface area contributed by atoms with E-state index in [1.165, 1.54) is 0 Å². The van der Waals surface area contributed by atoms with Gasteiger partial charge in [-0.15, -0.1) is 0 Å². The topological polar surface area (TPSA) is 12.5 Å². The Kier molecular flexibility index (Phi) is 2.16. The minimum Gasteiger partial charge on any atom is -0.295 e. The maximum Gasteiger partial charge on any atom is 0.0893 e. The van der Waals surface area contributed by atoms with E-state index >= 15 is 0 Å². The van der Waals surface area contributed by atoms with Crippen LogP contribution in [0.2, 0.25) is 0 Å². The summed E-state index contributed by atoms with van der Waals surface area (Å²) in [5, 5.41) is 1.86. The van der Waals surface area contributed by atoms with E-state index in [0.717, 1.165) is 18.7 Å². The van der Waals surface area contributed by atoms with Crippen molar-refractivity contribution < 1.29 is 4.84 Å². The summed E-state index contributed by atoms with van der Waals surface area (Å²) in [6.45, 7) is 1.05. The second kappa shape index (κ2) is 2.71. The highest BCUT2D eigenvalue weighted by Gasteiger charge is 2.17. The smallest absolute Gasteiger partial charge is 0.0893 e. The summed E-state index contributed by atoms with van der Waals surface area (Å²) >= 11 is 4.10. The molecule has 1 atom stereocenters. The van der Waals surface area contributed by atoms with E-state index in [9.17, 15) is 0 Å². The van der Waals surface area contributed by atoms with Crippen molar-refractivity contribution in [2.75, 3.05) is 19.3 Å². The summed E-state index contributed by atoms with van der Waals surface area (Å²) in [6, 6.07) is 0. The van der Waals surface area contributed by atoms with E-state index in [4.69, 9.17) is 4.84 Å². The minimum atomic E-state index is 0.364. The lowest BCUT2D eigenvalue weighted by Gasteiger charge is -2.07. The molecule has 1 aliphatic heterocycles. The van der Waals surface area contributed by atoms with Gasteiger partial charge in [-0.2, -0.15) is 17.7 Å². The van der Waals surface area contributed by atoms with Crippen LogP contribution in [0.25, 0.3) is 0 Å². The van der Waals surface area contributed by atoms with Crippen LogP contribution in [0.5, 0.6) is 0 Å². The average Bonchev–Trinajstić information content (AvgIpc) is 2.14. The molecule has 48 valence electrons. The van der Waals surface area contributed by atoms with Gasteiger partial charge in [0.1, 0.15) is 0 Å². The van der Waals surface area contributed by atoms with Crippen molar-refractivity contribution in [3.05, 3.63) is 0 Å². The Labute approximate surface area is 55.2 Å². The SMILES string of the molecule is CN1CCC(CS)O1. The fourth-order valence-corrected chi connectivity index (χ4v) is 1.06. The zero-order valence-corrected chi connectivity index (χ0v) is 5.90. The van der Waals surface area contributed by atoms with Crippen molar-refractivity contribution >= 4 is 12.6 Å². The van der Waals surface area contributed by atoms with Crippen molar-refractivity contribution in [1.29, 1.82) is 0 Å². The first-order chi connectivity index (χ1) is 3.83. The molecular weight excluding hydrogens is 122 g/mol. The van der Waals surface area contributed by atoms with Gasteiger partial charge in [0.2, 0.25) is 0 Å². The maximum atomic E-state index is 5.27. The fourth-order valence-electron chi connectivity index (χ4n) is 0.810. The summed E-state index contributed by atoms with van der Waals surface area (Å²) in [5.41, 5.74) is 0. The van der Waals surface area contributed by atoms with E-state index in [-0.39, 0.29) is 0 Å². The van der Waals surface area contributed by atoms with Crippen molar-refractivity contribution in [1.82, 2.24) is 5.06 Å². The van der Waals surface area contributed by atoms with E-state index in [2.05, 4.69) is 12.6 Å². The van der Waals surface area contributed by atoms with Gasteiger partial charge >= 0.3 is 0 Å². The second-order valence-corrected chi connectivity index (χ2v) is 2.42. The molecular formula is C5H11NOS. The third-order valence-corrected chi connectivity index (χ3v) is 1.71. The second-order valence-electron chi connectivity index (χ2n) is 2.05. The number of hydroxylamine groups is 2. The van der Waals surface area contributed by atoms with Crippen LogP contribution in [-0.2, 0) is 4.84 Å². The predicted molar refractivity (Wildman–Crippen MR) is 36.0 cm³/mol. The molecule has 0 aromatic rings. The van der Waals surface area contributed by atoms with Crippen LogP contribution in [0, 0.1) is 0 Å². The summed E-state index contributed by atoms with van der Waals surface area (Å²) in [6.07, 6.45) is 1.49. The molecule has 0 aromatic heterocycles. The lowest BCUT2D eigenvalue weighted by molar-refractivity contribution is -0.118. The highest BCUT2D eigenvalue weighted by molar-refractivity contribution is 7.80. The van der Waals surface area contributed by atoms with Gasteiger partial charge in [-0.25, -0.2) is 0 Å². The van der Waals surface area contributed by atoms with E-state index in [1.807, 2.05) is 12.1 Å². The molecule has 0 bridgehead atoms. The molecule has 2 nitrogen and oxygen atoms in total. The molecule has 1 heterocycles. The fraction of sp³-hybridized carbons (Fsp3) is 1.00. The van der Waals surface area contributed by atoms with Gasteiger partial charge in [-0.05, 0) is 6.42 Å². The van der Waals surface area contributed by atoms with Gasteiger partial charge in [0.25, 0.3) is 0 Å². The summed E-state index contributed by atoms with van der Waals surface area (Å²) < 4.78 is 0. The molecule has 1 rings (SSSR count). The largest absolute Gasteiger partial charge is 0.295 e. The van der Waals surface area contributed by atoms with Crippen LogP contribution in [-0.4, -0.2) is 30.5 Å². The highest BCUT2D eigenvalue weighted by Crippen LogP contribution is 2.11. The Balaban J connectivity index is 2.22. The van der Waals surface area contributed by atoms with Gasteiger partial charge in [-0.1, -0.05) is 0 Å². The maximum absolute atomic E-state index is 5.27. The van der Waals surface area contributed by atoms with Crippen molar-refractivity contribution in [3.63, 3.8) is 0 Å². The Hall–Kier alpha value is 0.270. The molecule has 1 saturated heterocycles. The first-order valence-electron chi connectivity index (χ1n) is 2.81. The Morgan fingerprint density at radius 3 is 2.88 bits per heavy atom. The molecule has 0 radical (unpaired) electrons. The summed E-state index contributed by atoms with van der Waals surface area (Å²) in [5.74, 6) is 0.838. The lowest BCUT2D eigenvalue weighted by atomic mass is 10.3. The number of rotatable bonds is 1. The number of hydrogen-bond acceptors (Lipinski definition) is 3. The van der Waals surface area contributed by atoms with Crippen LogP contribution in [0.15, 0.2) is 0 Å². The molecule has 3 heteroatoms. The van der Waals surface area contributed by atoms with E-state index in [0.29, 0.717) is 6.10 Å². The van der Waals surface area contributed by atoms with Crippen LogP contribution in [0.3, 0.4) is 0 Å². The number of hydrogen-bond donors (Lipinski definition) is 1. The molecule has 8 heavy (non-hydrogen) atoms. The molecule has 1 aliphatic rings. The Morgan fingerprint density at radius 1 is 1.88 bits per heavy atom. The minimum absolute atomic E-state index is 0.364. The van der Waals surface area contributed by atoms with Gasteiger partial charge in [0, 0.05) is 19.3 Å². The average molecular weight is 133 g/mol. The van der Waals surface area contributed by atoms with Crippen LogP contribution in [0.4, 0.5) is 0 Å². The summed E-state index contributed by atoms with van der Waals surface area (Å²) in [4.78, 5) is 5.27. The Bertz CT molecular complexity index is 78.8. The summed E-state index contributed by atoms with van der Waals surface area (Å²) in [7, 11) is 1.95. The number of nitrogens with zero attached hydrogens (tertiary/aromatic N) is 1. The highest BCUT2D eigenvalue weighted by atomic mass is 32.1. The third-order valence-electron chi connectivity index (χ3n) is 1.30. The van der Waals surface area contributed by atoms with Crippen molar-refractivity contribution in [2.24, 2.45) is 0 Å².